The summed E-state index contributed by atoms with van der Waals surface area (Å²) in [5, 5.41) is 0. The molecule has 0 saturated carbocycles. The topological polar surface area (TPSA) is 29.5 Å². The molecule has 0 saturated heterocycles. The number of esters is 1. The number of rotatable bonds is 29. The average Bonchev–Trinajstić information content (AvgIpc) is 2.89. The lowest BCUT2D eigenvalue weighted by molar-refractivity contribution is -0.140. The largest absolute Gasteiger partial charge is 0.469 e. The first-order valence-electron chi connectivity index (χ1n) is 16.5. The second-order valence-electron chi connectivity index (χ2n) is 11.8. The first-order chi connectivity index (χ1) is 18.1. The van der Waals surface area contributed by atoms with Crippen LogP contribution in [-0.2, 0) is 9.53 Å². The summed E-state index contributed by atoms with van der Waals surface area (Å²) in [4.78, 5) is 13.4. The van der Waals surface area contributed by atoms with E-state index < -0.39 is 0 Å². The molecular formula is C34H67NO2. The Morgan fingerprint density at radius 3 is 1.51 bits per heavy atom. The third-order valence-electron chi connectivity index (χ3n) is 7.83. The Balaban J connectivity index is 3.50. The molecule has 0 aromatic rings. The average molecular weight is 522 g/mol. The number of methoxy groups -OCH3 is 1. The van der Waals surface area contributed by atoms with E-state index in [1.165, 1.54) is 155 Å². The van der Waals surface area contributed by atoms with Gasteiger partial charge in [-0.15, -0.1) is 0 Å². The van der Waals surface area contributed by atoms with Crippen molar-refractivity contribution in [2.24, 2.45) is 5.92 Å². The lowest BCUT2D eigenvalue weighted by Crippen LogP contribution is -2.17. The number of ether oxygens (including phenoxy) is 1. The number of carbonyl (C=O) groups excluding carboxylic acids is 1. The van der Waals surface area contributed by atoms with Crippen LogP contribution < -0.4 is 0 Å². The van der Waals surface area contributed by atoms with E-state index in [4.69, 9.17) is 0 Å². The minimum atomic E-state index is -0.0726. The first kappa shape index (κ1) is 36.2. The van der Waals surface area contributed by atoms with Gasteiger partial charge in [0.25, 0.3) is 0 Å². The predicted octanol–water partition coefficient (Wildman–Crippen LogP) is 10.7. The Hall–Kier alpha value is -0.830. The van der Waals surface area contributed by atoms with Gasteiger partial charge >= 0.3 is 5.97 Å². The van der Waals surface area contributed by atoms with Gasteiger partial charge in [-0.3, -0.25) is 4.79 Å². The molecule has 0 bridgehead atoms. The van der Waals surface area contributed by atoms with Crippen LogP contribution >= 0.6 is 0 Å². The van der Waals surface area contributed by atoms with Crippen molar-refractivity contribution in [1.29, 1.82) is 0 Å². The van der Waals surface area contributed by atoms with E-state index in [2.05, 4.69) is 42.8 Å². The van der Waals surface area contributed by atoms with Gasteiger partial charge in [0.2, 0.25) is 0 Å². The van der Waals surface area contributed by atoms with Gasteiger partial charge < -0.3 is 9.64 Å². The number of allylic oxidation sites excluding steroid dienone is 2. The number of carbonyl (C=O) groups is 1. The molecule has 0 aliphatic heterocycles. The molecule has 3 nitrogen and oxygen atoms in total. The van der Waals surface area contributed by atoms with Gasteiger partial charge in [0.1, 0.15) is 0 Å². The highest BCUT2D eigenvalue weighted by atomic mass is 16.5. The second-order valence-corrected chi connectivity index (χ2v) is 11.8. The third kappa shape index (κ3) is 29.6. The molecule has 1 atom stereocenters. The summed E-state index contributed by atoms with van der Waals surface area (Å²) in [5.74, 6) is 0.885. The molecule has 220 valence electrons. The monoisotopic (exact) mass is 522 g/mol. The Kier molecular flexibility index (Phi) is 29.1. The predicted molar refractivity (Wildman–Crippen MR) is 164 cm³/mol. The van der Waals surface area contributed by atoms with Crippen molar-refractivity contribution in [3.63, 3.8) is 0 Å². The highest BCUT2D eigenvalue weighted by molar-refractivity contribution is 5.68. The van der Waals surface area contributed by atoms with Crippen LogP contribution in [0.25, 0.3) is 0 Å². The maximum Gasteiger partial charge on any atom is 0.305 e. The van der Waals surface area contributed by atoms with Crippen LogP contribution in [0, 0.1) is 5.92 Å². The first-order valence-corrected chi connectivity index (χ1v) is 16.5. The van der Waals surface area contributed by atoms with Crippen molar-refractivity contribution < 1.29 is 9.53 Å². The Morgan fingerprint density at radius 1 is 0.622 bits per heavy atom. The minimum absolute atomic E-state index is 0.0726. The van der Waals surface area contributed by atoms with Gasteiger partial charge in [0, 0.05) is 6.42 Å². The van der Waals surface area contributed by atoms with E-state index in [9.17, 15) is 4.79 Å². The van der Waals surface area contributed by atoms with E-state index in [-0.39, 0.29) is 5.97 Å². The third-order valence-corrected chi connectivity index (χ3v) is 7.83. The van der Waals surface area contributed by atoms with Crippen molar-refractivity contribution in [2.75, 3.05) is 27.7 Å². The molecule has 0 amide bonds. The molecule has 0 N–H and O–H groups in total. The molecule has 37 heavy (non-hydrogen) atoms. The van der Waals surface area contributed by atoms with E-state index in [0.29, 0.717) is 6.42 Å². The molecule has 0 fully saturated rings. The molecule has 0 spiro atoms. The molecule has 1 unspecified atom stereocenters. The standard InChI is InChI=1S/C34H67NO2/c1-5-6-7-8-22-25-28-33(31-32-35(2)3)29-26-23-20-18-16-14-12-10-9-11-13-15-17-19-21-24-27-30-34(36)37-4/h11,13,33H,5-10,12,14-32H2,1-4H3. The molecule has 3 heteroatoms. The fourth-order valence-electron chi connectivity index (χ4n) is 5.24. The number of unbranched alkanes of at least 4 members (excludes halogenated alkanes) is 18. The highest BCUT2D eigenvalue weighted by Gasteiger charge is 2.09. The van der Waals surface area contributed by atoms with Crippen LogP contribution in [0.2, 0.25) is 0 Å². The van der Waals surface area contributed by atoms with Crippen LogP contribution in [0.1, 0.15) is 167 Å². The summed E-state index contributed by atoms with van der Waals surface area (Å²) in [7, 11) is 5.91. The molecule has 0 radical (unpaired) electrons. The molecule has 0 aliphatic carbocycles. The molecule has 0 aliphatic rings. The fourth-order valence-corrected chi connectivity index (χ4v) is 5.24. The van der Waals surface area contributed by atoms with Gasteiger partial charge in [-0.05, 0) is 65.1 Å². The summed E-state index contributed by atoms with van der Waals surface area (Å²) < 4.78 is 4.67. The zero-order valence-electron chi connectivity index (χ0n) is 25.9. The van der Waals surface area contributed by atoms with Crippen LogP contribution in [0.3, 0.4) is 0 Å². The minimum Gasteiger partial charge on any atom is -0.469 e. The van der Waals surface area contributed by atoms with E-state index in [1.807, 2.05) is 0 Å². The van der Waals surface area contributed by atoms with Gasteiger partial charge in [-0.25, -0.2) is 0 Å². The molecular weight excluding hydrogens is 454 g/mol. The second kappa shape index (κ2) is 29.7. The quantitative estimate of drug-likeness (QED) is 0.0557. The normalized spacial score (nSPS) is 12.6. The summed E-state index contributed by atoms with van der Waals surface area (Å²) in [6.45, 7) is 3.57. The lowest BCUT2D eigenvalue weighted by atomic mass is 9.91. The number of hydrogen-bond donors (Lipinski definition) is 0. The van der Waals surface area contributed by atoms with E-state index in [0.717, 1.165) is 18.8 Å². The van der Waals surface area contributed by atoms with Crippen molar-refractivity contribution in [1.82, 2.24) is 4.90 Å². The highest BCUT2D eigenvalue weighted by Crippen LogP contribution is 2.22. The Bertz CT molecular complexity index is 488. The van der Waals surface area contributed by atoms with Gasteiger partial charge in [-0.1, -0.05) is 135 Å². The van der Waals surface area contributed by atoms with Gasteiger partial charge in [0.05, 0.1) is 7.11 Å². The zero-order chi connectivity index (χ0) is 27.2. The van der Waals surface area contributed by atoms with Gasteiger partial charge in [-0.2, -0.15) is 0 Å². The van der Waals surface area contributed by atoms with Crippen LogP contribution in [0.5, 0.6) is 0 Å². The molecule has 0 aromatic carbocycles. The lowest BCUT2D eigenvalue weighted by Gasteiger charge is -2.19. The maximum absolute atomic E-state index is 11.1. The SMILES string of the molecule is CCCCCCCCC(CCCCCCCCCCC=CCCCCCCCC(=O)OC)CCN(C)C. The van der Waals surface area contributed by atoms with Crippen LogP contribution in [0.15, 0.2) is 12.2 Å². The summed E-state index contributed by atoms with van der Waals surface area (Å²) in [6, 6.07) is 0. The smallest absolute Gasteiger partial charge is 0.305 e. The van der Waals surface area contributed by atoms with Crippen LogP contribution in [0.4, 0.5) is 0 Å². The Morgan fingerprint density at radius 2 is 1.05 bits per heavy atom. The summed E-state index contributed by atoms with van der Waals surface area (Å²) in [5.41, 5.74) is 0. The maximum atomic E-state index is 11.1. The Labute approximate surface area is 233 Å². The summed E-state index contributed by atoms with van der Waals surface area (Å²) in [6.07, 6.45) is 38.0. The number of nitrogens with zero attached hydrogens (tertiary/aromatic N) is 1. The van der Waals surface area contributed by atoms with Crippen molar-refractivity contribution in [2.45, 2.75) is 167 Å². The van der Waals surface area contributed by atoms with E-state index in [1.54, 1.807) is 0 Å². The van der Waals surface area contributed by atoms with Gasteiger partial charge in [0.15, 0.2) is 0 Å². The van der Waals surface area contributed by atoms with Crippen molar-refractivity contribution >= 4 is 5.97 Å². The van der Waals surface area contributed by atoms with E-state index >= 15 is 0 Å². The molecule has 0 aromatic heterocycles. The summed E-state index contributed by atoms with van der Waals surface area (Å²) >= 11 is 0. The fraction of sp³-hybridized carbons (Fsp3) is 0.912. The molecule has 0 heterocycles. The molecule has 0 rings (SSSR count). The van der Waals surface area contributed by atoms with Crippen molar-refractivity contribution in [3.8, 4) is 0 Å². The number of hydrogen-bond acceptors (Lipinski definition) is 3. The van der Waals surface area contributed by atoms with Crippen molar-refractivity contribution in [3.05, 3.63) is 12.2 Å². The zero-order valence-corrected chi connectivity index (χ0v) is 25.9. The van der Waals surface area contributed by atoms with Crippen LogP contribution in [-0.4, -0.2) is 38.6 Å².